The molecule has 7 aliphatic rings. The predicted octanol–water partition coefficient (Wildman–Crippen LogP) is -1.41. The number of sulfonamides is 1. The average Bonchev–Trinajstić information content (AvgIpc) is 4.06. The van der Waals surface area contributed by atoms with E-state index in [0.29, 0.717) is 83.0 Å². The van der Waals surface area contributed by atoms with Gasteiger partial charge < -0.3 is 35.6 Å². The Kier molecular flexibility index (Phi) is 18.7. The van der Waals surface area contributed by atoms with Gasteiger partial charge in [0.25, 0.3) is 0 Å². The molecule has 0 bridgehead atoms. The molecule has 7 fully saturated rings. The maximum Gasteiger partial charge on any atom is 0.249 e. The van der Waals surface area contributed by atoms with Crippen molar-refractivity contribution in [3.63, 3.8) is 0 Å². The molecule has 11 atom stereocenters. The second-order valence-corrected chi connectivity index (χ2v) is 23.1. The number of nitrogens with zero attached hydrogens (tertiary/aromatic N) is 4. The lowest BCUT2D eigenvalue weighted by atomic mass is 9.70. The van der Waals surface area contributed by atoms with Crippen molar-refractivity contribution in [1.82, 2.24) is 50.9 Å². The summed E-state index contributed by atoms with van der Waals surface area (Å²) in [5.41, 5.74) is -0.227. The first-order valence-corrected chi connectivity index (χ1v) is 27.6. The summed E-state index contributed by atoms with van der Waals surface area (Å²) in [6, 6.07) is -0.662. The first kappa shape index (κ1) is 52.5. The van der Waals surface area contributed by atoms with Crippen LogP contribution in [0.25, 0.3) is 0 Å². The highest BCUT2D eigenvalue weighted by atomic mass is 32.2. The molecule has 23 heteroatoms. The van der Waals surface area contributed by atoms with Crippen molar-refractivity contribution in [2.75, 3.05) is 98.3 Å². The zero-order valence-corrected chi connectivity index (χ0v) is 41.6. The molecule has 7 amide bonds. The Morgan fingerprint density at radius 3 is 2.43 bits per heavy atom. The zero-order chi connectivity index (χ0) is 48.5. The number of hydrogen-bond donors (Lipinski definition) is 6. The van der Waals surface area contributed by atoms with Crippen molar-refractivity contribution in [3.8, 4) is 0 Å². The molecule has 11 unspecified atom stereocenters. The zero-order valence-electron chi connectivity index (χ0n) is 39.9. The van der Waals surface area contributed by atoms with Gasteiger partial charge in [0, 0.05) is 50.9 Å². The van der Waals surface area contributed by atoms with Gasteiger partial charge in [-0.05, 0) is 89.8 Å². The summed E-state index contributed by atoms with van der Waals surface area (Å²) < 4.78 is 36.8. The van der Waals surface area contributed by atoms with E-state index in [4.69, 9.17) is 9.47 Å². The van der Waals surface area contributed by atoms with Gasteiger partial charge in [0.15, 0.2) is 0 Å². The van der Waals surface area contributed by atoms with Gasteiger partial charge in [0.05, 0.1) is 69.2 Å². The summed E-state index contributed by atoms with van der Waals surface area (Å²) in [5.74, 6) is -1.34. The lowest BCUT2D eigenvalue weighted by molar-refractivity contribution is -0.152. The molecule has 0 spiro atoms. The third kappa shape index (κ3) is 13.8. The Bertz CT molecular complexity index is 1950. The van der Waals surface area contributed by atoms with E-state index in [1.807, 2.05) is 14.1 Å². The van der Waals surface area contributed by atoms with Crippen LogP contribution in [0.1, 0.15) is 77.0 Å². The fourth-order valence-electron chi connectivity index (χ4n) is 11.5. The molecule has 5 heterocycles. The molecule has 5 aliphatic heterocycles. The van der Waals surface area contributed by atoms with Gasteiger partial charge >= 0.3 is 0 Å². The van der Waals surface area contributed by atoms with Crippen LogP contribution in [0, 0.1) is 35.5 Å². The highest BCUT2D eigenvalue weighted by Crippen LogP contribution is 2.43. The number of carbonyl (C=O) groups excluding carboxylic acids is 7. The smallest absolute Gasteiger partial charge is 0.249 e. The highest BCUT2D eigenvalue weighted by Gasteiger charge is 2.56. The Morgan fingerprint density at radius 1 is 0.868 bits per heavy atom. The second kappa shape index (κ2) is 24.2. The minimum absolute atomic E-state index is 0.0211. The van der Waals surface area contributed by atoms with Gasteiger partial charge in [-0.1, -0.05) is 19.3 Å². The summed E-state index contributed by atoms with van der Waals surface area (Å²) in [7, 11) is 0.631. The van der Waals surface area contributed by atoms with Crippen LogP contribution in [-0.2, 0) is 53.1 Å². The van der Waals surface area contributed by atoms with Crippen LogP contribution < -0.4 is 31.9 Å². The van der Waals surface area contributed by atoms with Crippen LogP contribution >= 0.6 is 11.8 Å². The number of ether oxygens (including phenoxy) is 2. The van der Waals surface area contributed by atoms with Gasteiger partial charge in [-0.3, -0.25) is 54.0 Å². The van der Waals surface area contributed by atoms with Crippen LogP contribution in [0.5, 0.6) is 0 Å². The van der Waals surface area contributed by atoms with Gasteiger partial charge in [-0.15, -0.1) is 11.8 Å². The SMILES string of the molecule is CN(CCNC(=O)CN(C)C1CC(C2CCCC(C3CSC(NC(=O)CNC(=O)C4CCN(S(C)(=O)=O)C4)N3)C2)CCN1)CCOCCOC1CCCC2C(=O)N(C3CCC(=O)NC3=O)C(=O)C12. The molecule has 2 aliphatic carbocycles. The molecule has 0 aromatic heterocycles. The van der Waals surface area contributed by atoms with Crippen molar-refractivity contribution >= 4 is 63.1 Å². The predicted molar refractivity (Wildman–Crippen MR) is 251 cm³/mol. The third-order valence-corrected chi connectivity index (χ3v) is 17.7. The molecule has 382 valence electrons. The summed E-state index contributed by atoms with van der Waals surface area (Å²) in [6.07, 6.45) is 10.2. The summed E-state index contributed by atoms with van der Waals surface area (Å²) in [5, 5.41) is 18.3. The van der Waals surface area contributed by atoms with E-state index in [9.17, 15) is 42.0 Å². The summed E-state index contributed by atoms with van der Waals surface area (Å²) in [6.45, 7) is 4.38. The molecule has 21 nitrogen and oxygen atoms in total. The van der Waals surface area contributed by atoms with Gasteiger partial charge in [-0.2, -0.15) is 0 Å². The van der Waals surface area contributed by atoms with Crippen LogP contribution in [0.15, 0.2) is 0 Å². The molecular formula is C45H74N10O11S2. The number of likely N-dealkylation sites (N-methyl/N-ethyl adjacent to an activating group) is 2. The fourth-order valence-corrected chi connectivity index (χ4v) is 13.6. The number of thioether (sulfide) groups is 1. The van der Waals surface area contributed by atoms with Crippen molar-refractivity contribution in [2.45, 2.75) is 107 Å². The fraction of sp³-hybridized carbons (Fsp3) is 0.844. The number of likely N-dealkylation sites (tertiary alicyclic amines) is 1. The molecule has 6 N–H and O–H groups in total. The average molecular weight is 995 g/mol. The first-order chi connectivity index (χ1) is 32.5. The Balaban J connectivity index is 0.727. The monoisotopic (exact) mass is 994 g/mol. The summed E-state index contributed by atoms with van der Waals surface area (Å²) in [4.78, 5) is 94.3. The molecule has 0 aromatic carbocycles. The van der Waals surface area contributed by atoms with Crippen molar-refractivity contribution < 1.29 is 51.5 Å². The Morgan fingerprint density at radius 2 is 1.65 bits per heavy atom. The highest BCUT2D eigenvalue weighted by molar-refractivity contribution is 8.00. The normalized spacial score (nSPS) is 32.7. The number of amides is 7. The topological polar surface area (TPSA) is 257 Å². The van der Waals surface area contributed by atoms with Gasteiger partial charge in [0.2, 0.25) is 51.4 Å². The number of hydrogen-bond acceptors (Lipinski definition) is 16. The Labute approximate surface area is 404 Å². The van der Waals surface area contributed by atoms with E-state index in [1.54, 1.807) is 11.8 Å². The van der Waals surface area contributed by atoms with Crippen LogP contribution in [0.4, 0.5) is 0 Å². The van der Waals surface area contributed by atoms with Crippen LogP contribution in [0.2, 0.25) is 0 Å². The quantitative estimate of drug-likeness (QED) is 0.0571. The molecule has 2 saturated carbocycles. The number of piperidine rings is 2. The number of imide groups is 2. The van der Waals surface area contributed by atoms with Gasteiger partial charge in [-0.25, -0.2) is 12.7 Å². The number of rotatable bonds is 21. The standard InChI is InChI=1S/C45H74N10O11S2/c1-52(18-19-65-20-21-66-35-9-5-8-32-40(35)44(62)55(43(32)61)34-10-11-37(56)50-42(34)60)17-15-47-39(58)26-53(2)36-23-29(12-14-46-36)28-6-4-7-30(22-28)33-27-67-45(49-33)51-38(57)24-48-41(59)31-13-16-54(25-31)68(3,63)64/h28-36,40,45-46,49H,4-27H2,1-3H3,(H,47,58)(H,48,59)(H,51,57)(H,50,56,60). The minimum atomic E-state index is -3.35. The van der Waals surface area contributed by atoms with E-state index in [-0.39, 0.29) is 79.8 Å². The van der Waals surface area contributed by atoms with E-state index < -0.39 is 51.7 Å². The van der Waals surface area contributed by atoms with Crippen molar-refractivity contribution in [2.24, 2.45) is 35.5 Å². The first-order valence-electron chi connectivity index (χ1n) is 24.7. The van der Waals surface area contributed by atoms with Crippen molar-refractivity contribution in [3.05, 3.63) is 0 Å². The van der Waals surface area contributed by atoms with Crippen molar-refractivity contribution in [1.29, 1.82) is 0 Å². The second-order valence-electron chi connectivity index (χ2n) is 20.0. The lowest BCUT2D eigenvalue weighted by Crippen LogP contribution is -2.54. The van der Waals surface area contributed by atoms with Crippen LogP contribution in [-0.4, -0.2) is 197 Å². The third-order valence-electron chi connectivity index (χ3n) is 15.3. The van der Waals surface area contributed by atoms with E-state index in [0.717, 1.165) is 55.6 Å². The largest absolute Gasteiger partial charge is 0.378 e. The molecule has 68 heavy (non-hydrogen) atoms. The lowest BCUT2D eigenvalue weighted by Gasteiger charge is -2.42. The summed E-state index contributed by atoms with van der Waals surface area (Å²) >= 11 is 1.68. The van der Waals surface area contributed by atoms with E-state index in [2.05, 4.69) is 41.7 Å². The molecule has 5 saturated heterocycles. The van der Waals surface area contributed by atoms with E-state index >= 15 is 0 Å². The molecule has 7 rings (SSSR count). The number of fused-ring (bicyclic) bond motifs is 1. The minimum Gasteiger partial charge on any atom is -0.378 e. The maximum absolute atomic E-state index is 13.4. The number of nitrogens with one attached hydrogen (secondary N) is 6. The van der Waals surface area contributed by atoms with Gasteiger partial charge in [0.1, 0.15) is 11.5 Å². The molecule has 0 aromatic rings. The maximum atomic E-state index is 13.4. The Hall–Kier alpha value is -3.29. The van der Waals surface area contributed by atoms with Crippen LogP contribution in [0.3, 0.4) is 0 Å². The number of carbonyl (C=O) groups is 7. The van der Waals surface area contributed by atoms with E-state index in [1.165, 1.54) is 17.1 Å². The molecular weight excluding hydrogens is 921 g/mol. The molecule has 0 radical (unpaired) electrons.